The van der Waals surface area contributed by atoms with Crippen LogP contribution in [-0.4, -0.2) is 93.5 Å². The molecule has 0 spiro atoms. The van der Waals surface area contributed by atoms with E-state index in [2.05, 4.69) is 31.4 Å². The van der Waals surface area contributed by atoms with E-state index >= 15 is 0 Å². The van der Waals surface area contributed by atoms with Gasteiger partial charge < -0.3 is 29.2 Å². The minimum Gasteiger partial charge on any atom is -0.456 e. The molecule has 7 rings (SSSR count). The molecule has 4 fully saturated rings. The van der Waals surface area contributed by atoms with Crippen LogP contribution in [0.5, 0.6) is 6.01 Å². The van der Waals surface area contributed by atoms with E-state index in [-0.39, 0.29) is 24.9 Å². The Morgan fingerprint density at radius 1 is 1.14 bits per heavy atom. The Bertz CT molecular complexity index is 1450. The quantitative estimate of drug-likeness (QED) is 0.512. The van der Waals surface area contributed by atoms with Crippen molar-refractivity contribution >= 4 is 38.2 Å². The maximum atomic E-state index is 12.6. The van der Waals surface area contributed by atoms with E-state index in [1.54, 1.807) is 13.1 Å². The van der Waals surface area contributed by atoms with Crippen molar-refractivity contribution in [3.63, 3.8) is 0 Å². The molecule has 196 valence electrons. The number of hydrogen-bond donors (Lipinski definition) is 2. The van der Waals surface area contributed by atoms with E-state index in [1.807, 2.05) is 12.1 Å². The zero-order chi connectivity index (χ0) is 25.3. The van der Waals surface area contributed by atoms with Crippen molar-refractivity contribution in [2.24, 2.45) is 16.2 Å². The first-order valence-corrected chi connectivity index (χ1v) is 14.7. The number of hydrogen-bond acceptors (Lipinski definition) is 9. The molecule has 0 aliphatic carbocycles. The summed E-state index contributed by atoms with van der Waals surface area (Å²) in [5.74, 6) is 2.30. The minimum atomic E-state index is -2.00. The van der Waals surface area contributed by atoms with Crippen molar-refractivity contribution in [3.05, 3.63) is 35.4 Å². The fourth-order valence-electron chi connectivity index (χ4n) is 6.09. The molecule has 2 unspecified atom stereocenters. The average molecular weight is 546 g/mol. The molecule has 2 aromatic heterocycles. The first-order valence-electron chi connectivity index (χ1n) is 12.5. The number of nitrogens with one attached hydrogen (secondary N) is 1. The van der Waals surface area contributed by atoms with Crippen LogP contribution in [0.15, 0.2) is 34.7 Å². The van der Waals surface area contributed by atoms with Gasteiger partial charge in [-0.25, -0.2) is 13.6 Å². The number of aliphatic hydroxyl groups excluding tert-OH is 1. The molecule has 4 aliphatic heterocycles. The number of ether oxygens (including phenoxy) is 3. The number of halogens is 1. The lowest BCUT2D eigenvalue weighted by molar-refractivity contribution is 0.00706. The van der Waals surface area contributed by atoms with Crippen LogP contribution in [0.25, 0.3) is 22.4 Å². The Morgan fingerprint density at radius 3 is 2.59 bits per heavy atom. The highest BCUT2D eigenvalue weighted by Crippen LogP contribution is 2.37. The molecule has 1 aromatic carbocycles. The van der Waals surface area contributed by atoms with Crippen molar-refractivity contribution < 1.29 is 23.5 Å². The molecular weight excluding hydrogens is 518 g/mol. The van der Waals surface area contributed by atoms with E-state index in [9.17, 15) is 9.32 Å². The van der Waals surface area contributed by atoms with Gasteiger partial charge in [-0.3, -0.25) is 0 Å². The number of nitrogens with zero attached hydrogens (tertiary/aromatic N) is 4. The van der Waals surface area contributed by atoms with Crippen molar-refractivity contribution in [3.8, 4) is 17.3 Å². The maximum absolute atomic E-state index is 12.6. The van der Waals surface area contributed by atoms with Gasteiger partial charge >= 0.3 is 0 Å². The third kappa shape index (κ3) is 4.08. The lowest BCUT2D eigenvalue weighted by Crippen LogP contribution is -2.34. The number of aromatic amines is 1. The van der Waals surface area contributed by atoms with Crippen LogP contribution in [0.3, 0.4) is 0 Å². The van der Waals surface area contributed by atoms with Gasteiger partial charge in [-0.2, -0.15) is 4.98 Å². The molecule has 10 nitrogen and oxygen atoms in total. The Kier molecular flexibility index (Phi) is 5.63. The van der Waals surface area contributed by atoms with Gasteiger partial charge in [-0.05, 0) is 30.0 Å². The van der Waals surface area contributed by atoms with E-state index in [0.29, 0.717) is 57.8 Å². The molecule has 3 aromatic rings. The third-order valence-electron chi connectivity index (χ3n) is 8.01. The number of rotatable bonds is 4. The lowest BCUT2D eigenvalue weighted by Gasteiger charge is -2.20. The summed E-state index contributed by atoms with van der Waals surface area (Å²) in [5, 5.41) is 10.5. The number of benzene rings is 1. The molecule has 0 radical (unpaired) electrons. The molecule has 12 heteroatoms. The van der Waals surface area contributed by atoms with Gasteiger partial charge in [0.2, 0.25) is 0 Å². The first kappa shape index (κ1) is 23.7. The van der Waals surface area contributed by atoms with Crippen LogP contribution in [0, 0.1) is 11.8 Å². The molecule has 4 aliphatic rings. The Morgan fingerprint density at radius 2 is 1.86 bits per heavy atom. The Balaban J connectivity index is 1.08. The SMILES string of the molecule is CN=S1(=O)CC2CN(c3ccc(-c4nc5nc(O[C@@H]6CO[C@H]7[C@@H]6OC[C@H]7O)[nH]c5cc4Cl)cc3)CC2C1. The summed E-state index contributed by atoms with van der Waals surface area (Å²) in [5.41, 5.74) is 3.85. The van der Waals surface area contributed by atoms with Gasteiger partial charge in [-0.15, -0.1) is 0 Å². The second-order valence-electron chi connectivity index (χ2n) is 10.3. The summed E-state index contributed by atoms with van der Waals surface area (Å²) >= 11 is 6.61. The number of aromatic nitrogens is 3. The molecule has 2 N–H and O–H groups in total. The monoisotopic (exact) mass is 545 g/mol. The largest absolute Gasteiger partial charge is 0.456 e. The van der Waals surface area contributed by atoms with E-state index in [4.69, 9.17) is 30.8 Å². The van der Waals surface area contributed by atoms with Crippen LogP contribution >= 0.6 is 11.6 Å². The van der Waals surface area contributed by atoms with Crippen molar-refractivity contribution in [1.82, 2.24) is 15.0 Å². The maximum Gasteiger partial charge on any atom is 0.296 e. The highest BCUT2D eigenvalue weighted by atomic mass is 35.5. The zero-order valence-corrected chi connectivity index (χ0v) is 21.8. The second-order valence-corrected chi connectivity index (χ2v) is 13.3. The summed E-state index contributed by atoms with van der Waals surface area (Å²) in [6.07, 6.45) is -1.69. The summed E-state index contributed by atoms with van der Waals surface area (Å²) in [6, 6.07) is 10.3. The highest BCUT2D eigenvalue weighted by molar-refractivity contribution is 7.93. The fourth-order valence-corrected chi connectivity index (χ4v) is 8.87. The van der Waals surface area contributed by atoms with Crippen LogP contribution in [0.1, 0.15) is 0 Å². The number of aliphatic hydroxyl groups is 1. The molecule has 0 amide bonds. The number of H-pyrrole nitrogens is 1. The topological polar surface area (TPSA) is 122 Å². The fraction of sp³-hybridized carbons (Fsp3) is 0.520. The predicted octanol–water partition coefficient (Wildman–Crippen LogP) is 2.35. The summed E-state index contributed by atoms with van der Waals surface area (Å²) in [4.78, 5) is 14.7. The number of fused-ring (bicyclic) bond motifs is 3. The van der Waals surface area contributed by atoms with Crippen LogP contribution in [0.2, 0.25) is 5.02 Å². The predicted molar refractivity (Wildman–Crippen MR) is 140 cm³/mol. The molecule has 0 saturated carbocycles. The van der Waals surface area contributed by atoms with Gasteiger partial charge in [0.05, 0.1) is 29.4 Å². The van der Waals surface area contributed by atoms with Crippen LogP contribution in [-0.2, 0) is 19.2 Å². The van der Waals surface area contributed by atoms with Gasteiger partial charge in [0.1, 0.15) is 18.3 Å². The van der Waals surface area contributed by atoms with E-state index in [0.717, 1.165) is 24.3 Å². The van der Waals surface area contributed by atoms with E-state index in [1.165, 1.54) is 0 Å². The average Bonchev–Trinajstić information content (AvgIpc) is 3.68. The highest BCUT2D eigenvalue weighted by Gasteiger charge is 2.48. The second kappa shape index (κ2) is 8.81. The smallest absolute Gasteiger partial charge is 0.296 e. The Labute approximate surface area is 219 Å². The number of imidazole rings is 1. The molecule has 6 atom stereocenters. The molecule has 0 bridgehead atoms. The normalized spacial score (nSPS) is 34.7. The third-order valence-corrected chi connectivity index (χ3v) is 10.9. The van der Waals surface area contributed by atoms with Crippen LogP contribution in [0.4, 0.5) is 5.69 Å². The number of anilines is 1. The summed E-state index contributed by atoms with van der Waals surface area (Å²) < 4.78 is 34.1. The minimum absolute atomic E-state index is 0.240. The lowest BCUT2D eigenvalue weighted by atomic mass is 10.0. The van der Waals surface area contributed by atoms with Gasteiger partial charge in [0.25, 0.3) is 6.01 Å². The van der Waals surface area contributed by atoms with Crippen LogP contribution < -0.4 is 9.64 Å². The molecular formula is C25H28ClN5O5S. The Hall–Kier alpha value is -2.44. The van der Waals surface area contributed by atoms with Gasteiger partial charge in [0.15, 0.2) is 11.8 Å². The van der Waals surface area contributed by atoms with Gasteiger partial charge in [0, 0.05) is 52.6 Å². The molecule has 6 heterocycles. The number of pyridine rings is 1. The van der Waals surface area contributed by atoms with Crippen molar-refractivity contribution in [2.45, 2.75) is 24.4 Å². The van der Waals surface area contributed by atoms with Crippen molar-refractivity contribution in [1.29, 1.82) is 0 Å². The summed E-state index contributed by atoms with van der Waals surface area (Å²) in [6.45, 7) is 2.38. The zero-order valence-electron chi connectivity index (χ0n) is 20.2. The van der Waals surface area contributed by atoms with Crippen molar-refractivity contribution in [2.75, 3.05) is 49.8 Å². The van der Waals surface area contributed by atoms with Gasteiger partial charge in [-0.1, -0.05) is 23.7 Å². The van der Waals surface area contributed by atoms with E-state index < -0.39 is 15.8 Å². The first-order chi connectivity index (χ1) is 17.9. The molecule has 37 heavy (non-hydrogen) atoms. The summed E-state index contributed by atoms with van der Waals surface area (Å²) in [7, 11) is -0.314. The standard InChI is InChI=1S/C25H28ClN5O5S/c1-27-37(33)11-14-7-31(8-15(14)12-37)16-4-2-13(3-5-16)21-17(26)6-18-24(29-21)30-25(28-18)36-20-10-35-22-19(32)9-34-23(20)22/h2-6,14-15,19-20,22-23,32H,7-12H2,1H3,(H,28,29,30)/t14?,15?,19-,20-,22-,23-,37?/m1/s1. The molecule has 4 saturated heterocycles.